The highest BCUT2D eigenvalue weighted by molar-refractivity contribution is 5.83. The van der Waals surface area contributed by atoms with E-state index in [1.165, 1.54) is 6.07 Å². The lowest BCUT2D eigenvalue weighted by Gasteiger charge is -2.25. The maximum absolute atomic E-state index is 15.4. The lowest BCUT2D eigenvalue weighted by molar-refractivity contribution is 0.0518. The molecule has 1 aromatic heterocycles. The number of nitrogens with one attached hydrogen (secondary N) is 1. The molecule has 2 saturated carbocycles. The molecule has 3 aliphatic rings. The van der Waals surface area contributed by atoms with Crippen LogP contribution in [0.25, 0.3) is 10.9 Å². The molecule has 200 valence electrons. The zero-order valence-corrected chi connectivity index (χ0v) is 21.6. The number of anilines is 1. The van der Waals surface area contributed by atoms with Crippen LogP contribution < -0.4 is 26.3 Å². The van der Waals surface area contributed by atoms with Crippen molar-refractivity contribution in [3.8, 4) is 0 Å². The summed E-state index contributed by atoms with van der Waals surface area (Å²) in [6, 6.07) is 12.0. The van der Waals surface area contributed by atoms with Crippen LogP contribution in [-0.4, -0.2) is 40.1 Å². The Balaban J connectivity index is 1.26. The van der Waals surface area contributed by atoms with E-state index >= 15 is 4.39 Å². The average molecular weight is 523 g/mol. The van der Waals surface area contributed by atoms with E-state index in [2.05, 4.69) is 5.32 Å². The molecular weight excluding hydrogens is 491 g/mol. The van der Waals surface area contributed by atoms with Crippen LogP contribution in [0.5, 0.6) is 0 Å². The van der Waals surface area contributed by atoms with Gasteiger partial charge in [-0.05, 0) is 51.3 Å². The summed E-state index contributed by atoms with van der Waals surface area (Å²) in [5.41, 5.74) is -0.208. The zero-order valence-electron chi connectivity index (χ0n) is 21.6. The van der Waals surface area contributed by atoms with Gasteiger partial charge in [-0.25, -0.2) is 14.0 Å². The van der Waals surface area contributed by atoms with E-state index in [-0.39, 0.29) is 35.9 Å². The molecule has 0 spiro atoms. The Morgan fingerprint density at radius 3 is 2.39 bits per heavy atom. The van der Waals surface area contributed by atoms with Gasteiger partial charge in [-0.2, -0.15) is 0 Å². The van der Waals surface area contributed by atoms with Crippen molar-refractivity contribution < 1.29 is 18.8 Å². The molecule has 2 aliphatic carbocycles. The third kappa shape index (κ3) is 4.52. The second-order valence-electron chi connectivity index (χ2n) is 11.5. The number of halogens is 1. The van der Waals surface area contributed by atoms with E-state index in [4.69, 9.17) is 9.57 Å². The summed E-state index contributed by atoms with van der Waals surface area (Å²) < 4.78 is 23.1. The Labute approximate surface area is 218 Å². The second kappa shape index (κ2) is 8.89. The average Bonchev–Trinajstić information content (AvgIpc) is 3.75. The molecule has 10 heteroatoms. The van der Waals surface area contributed by atoms with E-state index in [1.54, 1.807) is 10.6 Å². The molecule has 2 aromatic carbocycles. The number of hydrogen-bond donors (Lipinski definition) is 1. The molecular formula is C28H31FN4O5. The molecule has 3 fully saturated rings. The van der Waals surface area contributed by atoms with E-state index in [1.807, 2.05) is 56.0 Å². The molecule has 6 rings (SSSR count). The van der Waals surface area contributed by atoms with Gasteiger partial charge in [0.1, 0.15) is 18.0 Å². The number of alkyl carbamates (subject to hydrolysis) is 1. The summed E-state index contributed by atoms with van der Waals surface area (Å²) in [5, 5.41) is 3.03. The van der Waals surface area contributed by atoms with Crippen LogP contribution in [-0.2, 0) is 11.3 Å². The third-order valence-electron chi connectivity index (χ3n) is 7.45. The summed E-state index contributed by atoms with van der Waals surface area (Å²) in [6.07, 6.45) is 1.18. The smallest absolute Gasteiger partial charge is 0.407 e. The highest BCUT2D eigenvalue weighted by Crippen LogP contribution is 2.47. The van der Waals surface area contributed by atoms with Crippen molar-refractivity contribution in [2.24, 2.45) is 11.8 Å². The molecule has 1 aliphatic heterocycles. The zero-order chi connectivity index (χ0) is 26.8. The van der Waals surface area contributed by atoms with Crippen LogP contribution in [0.1, 0.15) is 45.2 Å². The van der Waals surface area contributed by atoms with Gasteiger partial charge in [0, 0.05) is 37.0 Å². The molecule has 1 saturated heterocycles. The number of hydrogen-bond acceptors (Lipinski definition) is 6. The number of piperidine rings is 1. The number of rotatable bonds is 6. The standard InChI is InChI=1S/C28H31FN4O5/c1-28(2,3)38-26(35)30-24-19-13-31(14-20(19)24)23-12-22-18(11-21(23)29)25(34)33(27(36)32(22)17-9-10-17)37-15-16-7-5-4-6-8-16/h4-8,11-12,17,19-20,24H,9-10,13-15H2,1-3H3,(H,30,35)/t19-,20+,24?. The number of carbonyl (C=O) groups excluding carboxylic acids is 1. The molecule has 38 heavy (non-hydrogen) atoms. The van der Waals surface area contributed by atoms with Crippen LogP contribution >= 0.6 is 0 Å². The van der Waals surface area contributed by atoms with Crippen molar-refractivity contribution in [2.45, 2.75) is 57.9 Å². The Morgan fingerprint density at radius 2 is 1.76 bits per heavy atom. The van der Waals surface area contributed by atoms with Crippen molar-refractivity contribution in [2.75, 3.05) is 18.0 Å². The number of carbonyl (C=O) groups is 1. The number of amides is 1. The Kier molecular flexibility index (Phi) is 5.73. The highest BCUT2D eigenvalue weighted by atomic mass is 19.1. The van der Waals surface area contributed by atoms with Gasteiger partial charge in [0.25, 0.3) is 5.56 Å². The minimum atomic E-state index is -0.672. The molecule has 1 amide bonds. The van der Waals surface area contributed by atoms with Gasteiger partial charge in [-0.15, -0.1) is 0 Å². The summed E-state index contributed by atoms with van der Waals surface area (Å²) in [4.78, 5) is 46.3. The Bertz CT molecular complexity index is 1510. The van der Waals surface area contributed by atoms with E-state index in [9.17, 15) is 14.4 Å². The number of aromatic nitrogens is 2. The van der Waals surface area contributed by atoms with Gasteiger partial charge in [0.2, 0.25) is 0 Å². The lowest BCUT2D eigenvalue weighted by Crippen LogP contribution is -2.43. The molecule has 1 N–H and O–H groups in total. The van der Waals surface area contributed by atoms with Crippen molar-refractivity contribution >= 4 is 22.7 Å². The number of benzene rings is 2. The number of nitrogens with zero attached hydrogens (tertiary/aromatic N) is 3. The van der Waals surface area contributed by atoms with Gasteiger partial charge in [0.15, 0.2) is 0 Å². The monoisotopic (exact) mass is 522 g/mol. The van der Waals surface area contributed by atoms with Crippen molar-refractivity contribution in [1.29, 1.82) is 0 Å². The predicted octanol–water partition coefficient (Wildman–Crippen LogP) is 3.23. The largest absolute Gasteiger partial charge is 0.444 e. The maximum atomic E-state index is 15.4. The van der Waals surface area contributed by atoms with Gasteiger partial charge >= 0.3 is 11.8 Å². The lowest BCUT2D eigenvalue weighted by atomic mass is 10.2. The second-order valence-corrected chi connectivity index (χ2v) is 11.5. The fraction of sp³-hybridized carbons (Fsp3) is 0.464. The molecule has 3 atom stereocenters. The van der Waals surface area contributed by atoms with E-state index in [0.717, 1.165) is 23.1 Å². The molecule has 0 bridgehead atoms. The molecule has 3 aromatic rings. The minimum absolute atomic E-state index is 0.00299. The molecule has 9 nitrogen and oxygen atoms in total. The van der Waals surface area contributed by atoms with Gasteiger partial charge < -0.3 is 19.8 Å². The van der Waals surface area contributed by atoms with Crippen LogP contribution in [0.3, 0.4) is 0 Å². The Morgan fingerprint density at radius 1 is 1.08 bits per heavy atom. The van der Waals surface area contributed by atoms with Crippen LogP contribution in [0.4, 0.5) is 14.9 Å². The molecule has 2 heterocycles. The van der Waals surface area contributed by atoms with Crippen LogP contribution in [0.15, 0.2) is 52.1 Å². The topological polar surface area (TPSA) is 94.8 Å². The summed E-state index contributed by atoms with van der Waals surface area (Å²) in [7, 11) is 0. The van der Waals surface area contributed by atoms with Gasteiger partial charge in [0.05, 0.1) is 16.6 Å². The van der Waals surface area contributed by atoms with Gasteiger partial charge in [-0.1, -0.05) is 35.1 Å². The van der Waals surface area contributed by atoms with Crippen LogP contribution in [0, 0.1) is 17.7 Å². The first kappa shape index (κ1) is 24.5. The SMILES string of the molecule is CC(C)(C)OC(=O)NC1[C@H]2CN(c3cc4c(cc3F)c(=O)n(OCc3ccccc3)c(=O)n4C3CC3)C[C@@H]12. The van der Waals surface area contributed by atoms with Crippen molar-refractivity contribution in [1.82, 2.24) is 14.6 Å². The normalized spacial score (nSPS) is 22.3. The van der Waals surface area contributed by atoms with Crippen LogP contribution in [0.2, 0.25) is 0 Å². The Hall–Kier alpha value is -3.82. The number of fused-ring (bicyclic) bond motifs is 2. The van der Waals surface area contributed by atoms with Gasteiger partial charge in [-0.3, -0.25) is 9.36 Å². The third-order valence-corrected chi connectivity index (χ3v) is 7.45. The number of ether oxygens (including phenoxy) is 1. The summed E-state index contributed by atoms with van der Waals surface area (Å²) in [5.74, 6) is -0.131. The van der Waals surface area contributed by atoms with E-state index < -0.39 is 28.8 Å². The first-order chi connectivity index (χ1) is 18.1. The first-order valence-corrected chi connectivity index (χ1v) is 13.0. The van der Waals surface area contributed by atoms with E-state index in [0.29, 0.717) is 24.3 Å². The van der Waals surface area contributed by atoms with Crippen molar-refractivity contribution in [3.63, 3.8) is 0 Å². The highest BCUT2D eigenvalue weighted by Gasteiger charge is 2.57. The fourth-order valence-electron chi connectivity index (χ4n) is 5.45. The molecule has 1 unspecified atom stereocenters. The summed E-state index contributed by atoms with van der Waals surface area (Å²) >= 11 is 0. The minimum Gasteiger partial charge on any atom is -0.444 e. The fourth-order valence-corrected chi connectivity index (χ4v) is 5.45. The quantitative estimate of drug-likeness (QED) is 0.534. The van der Waals surface area contributed by atoms with Crippen molar-refractivity contribution in [3.05, 3.63) is 74.7 Å². The summed E-state index contributed by atoms with van der Waals surface area (Å²) in [6.45, 7) is 6.63. The predicted molar refractivity (Wildman–Crippen MR) is 140 cm³/mol. The first-order valence-electron chi connectivity index (χ1n) is 13.0. The maximum Gasteiger partial charge on any atom is 0.407 e. The molecule has 0 radical (unpaired) electrons.